The molecule has 0 aliphatic carbocycles. The Balaban J connectivity index is 2.97. The minimum absolute atomic E-state index is 0.563. The molecule has 0 amide bonds. The smallest absolute Gasteiger partial charge is 0.122 e. The van der Waals surface area contributed by atoms with E-state index < -0.39 is 0 Å². The zero-order valence-corrected chi connectivity index (χ0v) is 12.2. The van der Waals surface area contributed by atoms with Crippen molar-refractivity contribution in [3.05, 3.63) is 41.5 Å². The van der Waals surface area contributed by atoms with E-state index >= 15 is 0 Å². The Morgan fingerprint density at radius 2 is 2.06 bits per heavy atom. The Hall–Kier alpha value is -1.24. The summed E-state index contributed by atoms with van der Waals surface area (Å²) in [6, 6.07) is 6.54. The van der Waals surface area contributed by atoms with Crippen molar-refractivity contribution < 1.29 is 4.74 Å². The summed E-state index contributed by atoms with van der Waals surface area (Å²) >= 11 is 0. The Kier molecular flexibility index (Phi) is 6.56. The fourth-order valence-electron chi connectivity index (χ4n) is 2.14. The van der Waals surface area contributed by atoms with E-state index in [-0.39, 0.29) is 0 Å². The van der Waals surface area contributed by atoms with E-state index in [0.29, 0.717) is 5.92 Å². The van der Waals surface area contributed by atoms with Crippen LogP contribution in [0, 0.1) is 6.92 Å². The molecule has 1 unspecified atom stereocenters. The van der Waals surface area contributed by atoms with E-state index in [1.807, 2.05) is 0 Å². The number of hydrogen-bond acceptors (Lipinski definition) is 1. The summed E-state index contributed by atoms with van der Waals surface area (Å²) in [5.74, 6) is 1.63. The summed E-state index contributed by atoms with van der Waals surface area (Å²) in [6.07, 6.45) is 7.68. The van der Waals surface area contributed by atoms with Crippen molar-refractivity contribution in [1.29, 1.82) is 0 Å². The third kappa shape index (κ3) is 4.21. The van der Waals surface area contributed by atoms with Crippen LogP contribution in [0.1, 0.15) is 57.1 Å². The molecule has 1 aromatic rings. The quantitative estimate of drug-likeness (QED) is 0.597. The molecule has 100 valence electrons. The molecule has 1 heteroatoms. The number of aryl methyl sites for hydroxylation is 1. The molecule has 18 heavy (non-hydrogen) atoms. The van der Waals surface area contributed by atoms with Gasteiger partial charge in [0, 0.05) is 0 Å². The van der Waals surface area contributed by atoms with Gasteiger partial charge in [-0.2, -0.15) is 0 Å². The average Bonchev–Trinajstić information content (AvgIpc) is 2.38. The molecule has 0 aliphatic heterocycles. The highest BCUT2D eigenvalue weighted by atomic mass is 16.5. The van der Waals surface area contributed by atoms with E-state index in [1.165, 1.54) is 11.1 Å². The zero-order valence-electron chi connectivity index (χ0n) is 12.2. The highest BCUT2D eigenvalue weighted by Gasteiger charge is 2.13. The lowest BCUT2D eigenvalue weighted by Crippen LogP contribution is -2.03. The number of hydrogen-bond donors (Lipinski definition) is 0. The van der Waals surface area contributed by atoms with Gasteiger partial charge in [0.2, 0.25) is 0 Å². The van der Waals surface area contributed by atoms with Crippen LogP contribution in [0.3, 0.4) is 0 Å². The van der Waals surface area contributed by atoms with Crippen molar-refractivity contribution in [3.63, 3.8) is 0 Å². The lowest BCUT2D eigenvalue weighted by molar-refractivity contribution is 0.311. The molecule has 0 aromatic heterocycles. The first kappa shape index (κ1) is 14.8. The van der Waals surface area contributed by atoms with Crippen molar-refractivity contribution in [1.82, 2.24) is 0 Å². The second-order valence-corrected chi connectivity index (χ2v) is 4.80. The maximum atomic E-state index is 5.88. The Bertz CT molecular complexity index is 379. The van der Waals surface area contributed by atoms with Crippen LogP contribution in [0.2, 0.25) is 0 Å². The molecule has 0 spiro atoms. The summed E-state index contributed by atoms with van der Waals surface area (Å²) in [5.41, 5.74) is 2.68. The highest BCUT2D eigenvalue weighted by molar-refractivity contribution is 5.39. The third-order valence-corrected chi connectivity index (χ3v) is 3.22. The lowest BCUT2D eigenvalue weighted by atomic mass is 9.91. The molecule has 0 bridgehead atoms. The number of benzene rings is 1. The summed E-state index contributed by atoms with van der Waals surface area (Å²) in [7, 11) is 0. The zero-order chi connectivity index (χ0) is 13.4. The number of rotatable bonds is 7. The van der Waals surface area contributed by atoms with Gasteiger partial charge in [0.25, 0.3) is 0 Å². The van der Waals surface area contributed by atoms with Crippen molar-refractivity contribution in [3.8, 4) is 5.75 Å². The van der Waals surface area contributed by atoms with Crippen LogP contribution in [-0.4, -0.2) is 6.61 Å². The van der Waals surface area contributed by atoms with Gasteiger partial charge in [0.05, 0.1) is 6.61 Å². The molecule has 0 N–H and O–H groups in total. The van der Waals surface area contributed by atoms with Gasteiger partial charge in [-0.25, -0.2) is 0 Å². The molecule has 0 saturated carbocycles. The first-order chi connectivity index (χ1) is 8.72. The number of ether oxygens (including phenoxy) is 1. The molecule has 1 rings (SSSR count). The first-order valence-electron chi connectivity index (χ1n) is 7.07. The minimum atomic E-state index is 0.563. The molecule has 1 nitrogen and oxygen atoms in total. The standard InChI is InChI=1S/C17H26O/c1-5-8-9-15(7-3)16-13-14(4)10-11-17(16)18-12-6-2/h5,8,10-11,13,15H,6-7,9,12H2,1-4H3/b8-5-. The summed E-state index contributed by atoms with van der Waals surface area (Å²) in [5, 5.41) is 0. The topological polar surface area (TPSA) is 9.23 Å². The van der Waals surface area contributed by atoms with Crippen LogP contribution in [0.4, 0.5) is 0 Å². The Morgan fingerprint density at radius 3 is 2.67 bits per heavy atom. The van der Waals surface area contributed by atoms with Crippen molar-refractivity contribution >= 4 is 0 Å². The van der Waals surface area contributed by atoms with Gasteiger partial charge in [-0.1, -0.05) is 43.7 Å². The van der Waals surface area contributed by atoms with Crippen LogP contribution < -0.4 is 4.74 Å². The Labute approximate surface area is 112 Å². The van der Waals surface area contributed by atoms with Gasteiger partial charge in [-0.3, -0.25) is 0 Å². The van der Waals surface area contributed by atoms with E-state index in [9.17, 15) is 0 Å². The molecular formula is C17H26O. The highest BCUT2D eigenvalue weighted by Crippen LogP contribution is 2.32. The maximum absolute atomic E-state index is 5.88. The SMILES string of the molecule is C/C=C\CC(CC)c1cc(C)ccc1OCCC. The summed E-state index contributed by atoms with van der Waals surface area (Å²) in [6.45, 7) is 9.42. The molecule has 1 atom stereocenters. The first-order valence-corrected chi connectivity index (χ1v) is 7.07. The van der Waals surface area contributed by atoms with Gasteiger partial charge in [-0.05, 0) is 50.7 Å². The predicted molar refractivity (Wildman–Crippen MR) is 79.4 cm³/mol. The fraction of sp³-hybridized carbons (Fsp3) is 0.529. The molecule has 1 aromatic carbocycles. The second-order valence-electron chi connectivity index (χ2n) is 4.80. The average molecular weight is 246 g/mol. The van der Waals surface area contributed by atoms with Crippen molar-refractivity contribution in [2.75, 3.05) is 6.61 Å². The predicted octanol–water partition coefficient (Wildman–Crippen LogP) is 5.24. The van der Waals surface area contributed by atoms with E-state index in [1.54, 1.807) is 0 Å². The fourth-order valence-corrected chi connectivity index (χ4v) is 2.14. The monoisotopic (exact) mass is 246 g/mol. The largest absolute Gasteiger partial charge is 0.493 e. The van der Waals surface area contributed by atoms with Crippen LogP contribution in [-0.2, 0) is 0 Å². The second kappa shape index (κ2) is 7.97. The lowest BCUT2D eigenvalue weighted by Gasteiger charge is -2.19. The van der Waals surface area contributed by atoms with Crippen molar-refractivity contribution in [2.24, 2.45) is 0 Å². The molecule has 0 saturated heterocycles. The van der Waals surface area contributed by atoms with Gasteiger partial charge in [-0.15, -0.1) is 0 Å². The van der Waals surface area contributed by atoms with E-state index in [0.717, 1.165) is 31.6 Å². The van der Waals surface area contributed by atoms with Crippen LogP contribution in [0.5, 0.6) is 5.75 Å². The third-order valence-electron chi connectivity index (χ3n) is 3.22. The van der Waals surface area contributed by atoms with Gasteiger partial charge in [0.15, 0.2) is 0 Å². The number of allylic oxidation sites excluding steroid dienone is 2. The molecule has 0 heterocycles. The molecule has 0 aliphatic rings. The molecular weight excluding hydrogens is 220 g/mol. The summed E-state index contributed by atoms with van der Waals surface area (Å²) in [4.78, 5) is 0. The van der Waals surface area contributed by atoms with E-state index in [4.69, 9.17) is 4.74 Å². The minimum Gasteiger partial charge on any atom is -0.493 e. The maximum Gasteiger partial charge on any atom is 0.122 e. The van der Waals surface area contributed by atoms with Gasteiger partial charge < -0.3 is 4.74 Å². The Morgan fingerprint density at radius 1 is 1.28 bits per heavy atom. The normalized spacial score (nSPS) is 12.9. The van der Waals surface area contributed by atoms with E-state index in [2.05, 4.69) is 58.0 Å². The molecule has 0 fully saturated rings. The van der Waals surface area contributed by atoms with Gasteiger partial charge in [0.1, 0.15) is 5.75 Å². The van der Waals surface area contributed by atoms with Crippen molar-refractivity contribution in [2.45, 2.75) is 52.9 Å². The van der Waals surface area contributed by atoms with Crippen LogP contribution in [0.15, 0.2) is 30.4 Å². The van der Waals surface area contributed by atoms with Crippen LogP contribution >= 0.6 is 0 Å². The van der Waals surface area contributed by atoms with Gasteiger partial charge >= 0.3 is 0 Å². The summed E-state index contributed by atoms with van der Waals surface area (Å²) < 4.78 is 5.88. The van der Waals surface area contributed by atoms with Crippen LogP contribution in [0.25, 0.3) is 0 Å². The molecule has 0 radical (unpaired) electrons.